The molecule has 0 bridgehead atoms. The van der Waals surface area contributed by atoms with E-state index in [9.17, 15) is 4.79 Å². The van der Waals surface area contributed by atoms with E-state index in [1.54, 1.807) is 0 Å². The Kier molecular flexibility index (Phi) is 5.69. The number of rotatable bonds is 5. The zero-order chi connectivity index (χ0) is 20.4. The Labute approximate surface area is 172 Å². The molecule has 3 aromatic rings. The summed E-state index contributed by atoms with van der Waals surface area (Å²) in [4.78, 5) is 22.8. The monoisotopic (exact) mass is 390 g/mol. The first-order valence-electron chi connectivity index (χ1n) is 10.4. The number of aryl methyl sites for hydroxylation is 1. The number of pyridine rings is 1. The summed E-state index contributed by atoms with van der Waals surface area (Å²) in [5.74, 6) is 0. The van der Waals surface area contributed by atoms with Gasteiger partial charge < -0.3 is 14.8 Å². The van der Waals surface area contributed by atoms with Gasteiger partial charge in [-0.2, -0.15) is 0 Å². The Morgan fingerprint density at radius 2 is 1.69 bits per heavy atom. The maximum Gasteiger partial charge on any atom is 0.256 e. The normalized spacial score (nSPS) is 15.4. The molecule has 0 unspecified atom stereocenters. The number of nitrogens with one attached hydrogen (secondary N) is 1. The van der Waals surface area contributed by atoms with Crippen LogP contribution in [-0.2, 0) is 0 Å². The predicted octanol–water partition coefficient (Wildman–Crippen LogP) is 3.19. The Morgan fingerprint density at radius 1 is 0.966 bits per heavy atom. The molecule has 0 atom stereocenters. The van der Waals surface area contributed by atoms with Crippen molar-refractivity contribution in [1.82, 2.24) is 14.8 Å². The molecule has 5 nitrogen and oxygen atoms in total. The van der Waals surface area contributed by atoms with E-state index >= 15 is 0 Å². The lowest BCUT2D eigenvalue weighted by molar-refractivity contribution is 0.229. The molecule has 0 aliphatic carbocycles. The molecule has 152 valence electrons. The number of H-pyrrole nitrogens is 1. The molecule has 2 aromatic carbocycles. The number of likely N-dealkylation sites (N-methyl/N-ethyl adjacent to an activating group) is 1. The highest BCUT2D eigenvalue weighted by Crippen LogP contribution is 2.25. The van der Waals surface area contributed by atoms with Crippen LogP contribution in [0.3, 0.4) is 0 Å². The van der Waals surface area contributed by atoms with Crippen LogP contribution in [0.2, 0.25) is 0 Å². The summed E-state index contributed by atoms with van der Waals surface area (Å²) in [6.07, 6.45) is 0. The van der Waals surface area contributed by atoms with E-state index in [4.69, 9.17) is 0 Å². The zero-order valence-corrected chi connectivity index (χ0v) is 17.6. The second kappa shape index (κ2) is 8.39. The number of anilines is 1. The van der Waals surface area contributed by atoms with E-state index in [-0.39, 0.29) is 5.56 Å². The number of aromatic amines is 1. The standard InChI is InChI=1S/C24H30N4O/c1-18-5-4-6-21-22(18)17-23(25-24(21)29)19-7-9-20(10-8-19)28-15-13-27(14-16-28)12-11-26(2)3/h4-10,17H,11-16H2,1-3H3,(H,25,29). The molecule has 1 fully saturated rings. The molecule has 1 saturated heterocycles. The minimum Gasteiger partial charge on any atom is -0.369 e. The third-order valence-electron chi connectivity index (χ3n) is 5.88. The predicted molar refractivity (Wildman–Crippen MR) is 122 cm³/mol. The van der Waals surface area contributed by atoms with Gasteiger partial charge in [-0.3, -0.25) is 9.69 Å². The topological polar surface area (TPSA) is 42.6 Å². The maximum atomic E-state index is 12.5. The van der Waals surface area contributed by atoms with Crippen LogP contribution in [0.25, 0.3) is 22.0 Å². The van der Waals surface area contributed by atoms with Gasteiger partial charge in [0.15, 0.2) is 0 Å². The fourth-order valence-electron chi connectivity index (χ4n) is 4.02. The highest BCUT2D eigenvalue weighted by Gasteiger charge is 2.17. The molecule has 2 heterocycles. The summed E-state index contributed by atoms with van der Waals surface area (Å²) < 4.78 is 0. The van der Waals surface area contributed by atoms with Gasteiger partial charge in [0.05, 0.1) is 0 Å². The van der Waals surface area contributed by atoms with E-state index in [1.807, 2.05) is 25.1 Å². The summed E-state index contributed by atoms with van der Waals surface area (Å²) in [7, 11) is 4.25. The molecular formula is C24H30N4O. The lowest BCUT2D eigenvalue weighted by Crippen LogP contribution is -2.48. The van der Waals surface area contributed by atoms with Crippen LogP contribution >= 0.6 is 0 Å². The number of benzene rings is 2. The zero-order valence-electron chi connectivity index (χ0n) is 17.6. The maximum absolute atomic E-state index is 12.5. The van der Waals surface area contributed by atoms with E-state index in [0.717, 1.165) is 66.9 Å². The van der Waals surface area contributed by atoms with E-state index < -0.39 is 0 Å². The lowest BCUT2D eigenvalue weighted by atomic mass is 10.0. The molecule has 1 aliphatic rings. The minimum atomic E-state index is -0.0286. The molecule has 0 saturated carbocycles. The Morgan fingerprint density at radius 3 is 2.38 bits per heavy atom. The van der Waals surface area contributed by atoms with Crippen LogP contribution in [0.1, 0.15) is 5.56 Å². The van der Waals surface area contributed by atoms with Gasteiger partial charge in [0.2, 0.25) is 0 Å². The van der Waals surface area contributed by atoms with Gasteiger partial charge >= 0.3 is 0 Å². The average molecular weight is 391 g/mol. The first-order valence-corrected chi connectivity index (χ1v) is 10.4. The lowest BCUT2D eigenvalue weighted by Gasteiger charge is -2.36. The molecule has 4 rings (SSSR count). The summed E-state index contributed by atoms with van der Waals surface area (Å²) in [6.45, 7) is 8.61. The number of hydrogen-bond donors (Lipinski definition) is 1. The van der Waals surface area contributed by atoms with Crippen molar-refractivity contribution < 1.29 is 0 Å². The molecule has 0 amide bonds. The van der Waals surface area contributed by atoms with E-state index in [2.05, 4.69) is 64.1 Å². The number of hydrogen-bond acceptors (Lipinski definition) is 4. The highest BCUT2D eigenvalue weighted by atomic mass is 16.1. The number of fused-ring (bicyclic) bond motifs is 1. The number of nitrogens with zero attached hydrogens (tertiary/aromatic N) is 3. The summed E-state index contributed by atoms with van der Waals surface area (Å²) in [6, 6.07) is 16.5. The molecule has 1 N–H and O–H groups in total. The fraction of sp³-hybridized carbons (Fsp3) is 0.375. The van der Waals surface area contributed by atoms with Crippen molar-refractivity contribution >= 4 is 16.5 Å². The van der Waals surface area contributed by atoms with Gasteiger partial charge in [0.1, 0.15) is 0 Å². The Hall–Kier alpha value is -2.63. The molecule has 0 spiro atoms. The highest BCUT2D eigenvalue weighted by molar-refractivity contribution is 5.87. The van der Waals surface area contributed by atoms with Crippen LogP contribution in [0.15, 0.2) is 53.3 Å². The van der Waals surface area contributed by atoms with Gasteiger partial charge in [-0.15, -0.1) is 0 Å². The SMILES string of the molecule is Cc1cccc2c(=O)[nH]c(-c3ccc(N4CCN(CCN(C)C)CC4)cc3)cc12. The second-order valence-electron chi connectivity index (χ2n) is 8.23. The number of aromatic nitrogens is 1. The van der Waals surface area contributed by atoms with Crippen molar-refractivity contribution in [2.45, 2.75) is 6.92 Å². The van der Waals surface area contributed by atoms with Crippen LogP contribution in [0.5, 0.6) is 0 Å². The Bertz CT molecular complexity index is 1030. The smallest absolute Gasteiger partial charge is 0.256 e. The van der Waals surface area contributed by atoms with Crippen molar-refractivity contribution in [3.8, 4) is 11.3 Å². The fourth-order valence-corrected chi connectivity index (χ4v) is 4.02. The second-order valence-corrected chi connectivity index (χ2v) is 8.23. The van der Waals surface area contributed by atoms with Gasteiger partial charge in [-0.1, -0.05) is 24.3 Å². The van der Waals surface area contributed by atoms with Gasteiger partial charge in [0.25, 0.3) is 5.56 Å². The largest absolute Gasteiger partial charge is 0.369 e. The third-order valence-corrected chi connectivity index (χ3v) is 5.88. The first-order chi connectivity index (χ1) is 14.0. The van der Waals surface area contributed by atoms with Crippen LogP contribution in [0.4, 0.5) is 5.69 Å². The Balaban J connectivity index is 1.48. The van der Waals surface area contributed by atoms with Crippen molar-refractivity contribution in [3.63, 3.8) is 0 Å². The number of piperazine rings is 1. The van der Waals surface area contributed by atoms with Crippen LogP contribution < -0.4 is 10.5 Å². The molecule has 29 heavy (non-hydrogen) atoms. The summed E-state index contributed by atoms with van der Waals surface area (Å²) >= 11 is 0. The summed E-state index contributed by atoms with van der Waals surface area (Å²) in [5, 5.41) is 1.77. The van der Waals surface area contributed by atoms with E-state index in [0.29, 0.717) is 0 Å². The third kappa shape index (κ3) is 4.36. The van der Waals surface area contributed by atoms with Crippen molar-refractivity contribution in [1.29, 1.82) is 0 Å². The van der Waals surface area contributed by atoms with Crippen LogP contribution in [0, 0.1) is 6.92 Å². The molecular weight excluding hydrogens is 360 g/mol. The van der Waals surface area contributed by atoms with Gasteiger partial charge in [0, 0.05) is 56.0 Å². The summed E-state index contributed by atoms with van der Waals surface area (Å²) in [5.41, 5.74) is 4.26. The molecule has 1 aliphatic heterocycles. The van der Waals surface area contributed by atoms with Crippen molar-refractivity contribution in [2.75, 3.05) is 58.3 Å². The van der Waals surface area contributed by atoms with Crippen molar-refractivity contribution in [2.24, 2.45) is 0 Å². The quantitative estimate of drug-likeness (QED) is 0.727. The van der Waals surface area contributed by atoms with Gasteiger partial charge in [-0.05, 0) is 61.8 Å². The van der Waals surface area contributed by atoms with Gasteiger partial charge in [-0.25, -0.2) is 0 Å². The molecule has 1 aromatic heterocycles. The van der Waals surface area contributed by atoms with E-state index in [1.165, 1.54) is 5.69 Å². The first kappa shape index (κ1) is 19.7. The average Bonchev–Trinajstić information content (AvgIpc) is 2.73. The van der Waals surface area contributed by atoms with Crippen LogP contribution in [-0.4, -0.2) is 68.1 Å². The van der Waals surface area contributed by atoms with Crippen molar-refractivity contribution in [3.05, 3.63) is 64.4 Å². The molecule has 5 heteroatoms. The minimum absolute atomic E-state index is 0.0286. The molecule has 0 radical (unpaired) electrons.